The molecule has 0 radical (unpaired) electrons. The Kier molecular flexibility index (Phi) is 4.32. The van der Waals surface area contributed by atoms with Crippen LogP contribution in [0.3, 0.4) is 0 Å². The van der Waals surface area contributed by atoms with Gasteiger partial charge in [0.1, 0.15) is 0 Å². The van der Waals surface area contributed by atoms with E-state index in [1.807, 2.05) is 25.1 Å². The molecule has 0 fully saturated rings. The fourth-order valence-electron chi connectivity index (χ4n) is 2.45. The number of amides is 2. The zero-order chi connectivity index (χ0) is 13.8. The quantitative estimate of drug-likeness (QED) is 0.819. The van der Waals surface area contributed by atoms with Gasteiger partial charge in [0, 0.05) is 18.7 Å². The fraction of sp³-hybridized carbons (Fsp3) is 0.467. The van der Waals surface area contributed by atoms with Crippen molar-refractivity contribution < 1.29 is 14.7 Å². The lowest BCUT2D eigenvalue weighted by Gasteiger charge is -2.29. The number of aliphatic hydroxyl groups excluding tert-OH is 1. The predicted molar refractivity (Wildman–Crippen MR) is 71.7 cm³/mol. The number of imide groups is 1. The van der Waals surface area contributed by atoms with Gasteiger partial charge in [-0.15, -0.1) is 0 Å². The molecular formula is C15H19NO3. The summed E-state index contributed by atoms with van der Waals surface area (Å²) in [6.07, 6.45) is 1.76. The first-order valence-electron chi connectivity index (χ1n) is 6.70. The maximum atomic E-state index is 12.3. The summed E-state index contributed by atoms with van der Waals surface area (Å²) in [7, 11) is 0. The third-order valence-electron chi connectivity index (χ3n) is 3.69. The number of rotatable bonds is 5. The second-order valence-electron chi connectivity index (χ2n) is 4.93. The van der Waals surface area contributed by atoms with Crippen LogP contribution in [0.4, 0.5) is 0 Å². The maximum Gasteiger partial charge on any atom is 0.260 e. The monoisotopic (exact) mass is 261 g/mol. The minimum Gasteiger partial charge on any atom is -0.396 e. The minimum atomic E-state index is -0.205. The van der Waals surface area contributed by atoms with E-state index >= 15 is 0 Å². The first-order chi connectivity index (χ1) is 9.17. The van der Waals surface area contributed by atoms with Gasteiger partial charge in [0.2, 0.25) is 5.91 Å². The Bertz CT molecular complexity index is 484. The van der Waals surface area contributed by atoms with Crippen LogP contribution in [0.2, 0.25) is 0 Å². The molecule has 1 aromatic rings. The Labute approximate surface area is 113 Å². The maximum absolute atomic E-state index is 12.3. The Hall–Kier alpha value is -1.68. The van der Waals surface area contributed by atoms with Crippen molar-refractivity contribution in [2.45, 2.75) is 26.2 Å². The predicted octanol–water partition coefficient (Wildman–Crippen LogP) is 1.62. The Morgan fingerprint density at radius 1 is 1.32 bits per heavy atom. The zero-order valence-corrected chi connectivity index (χ0v) is 11.1. The molecule has 0 saturated carbocycles. The number of nitrogens with zero attached hydrogens (tertiary/aromatic N) is 1. The van der Waals surface area contributed by atoms with Gasteiger partial charge in [0.15, 0.2) is 0 Å². The van der Waals surface area contributed by atoms with Crippen LogP contribution in [0.5, 0.6) is 0 Å². The van der Waals surface area contributed by atoms with Crippen molar-refractivity contribution in [2.75, 3.05) is 13.2 Å². The molecule has 19 heavy (non-hydrogen) atoms. The average molecular weight is 261 g/mol. The highest BCUT2D eigenvalue weighted by molar-refractivity contribution is 6.09. The highest BCUT2D eigenvalue weighted by atomic mass is 16.3. The molecule has 0 bridgehead atoms. The lowest BCUT2D eigenvalue weighted by Crippen LogP contribution is -2.44. The normalized spacial score (nSPS) is 16.4. The van der Waals surface area contributed by atoms with Crippen LogP contribution in [0.1, 0.15) is 35.7 Å². The number of aliphatic hydroxyl groups is 1. The summed E-state index contributed by atoms with van der Waals surface area (Å²) < 4.78 is 0. The SMILES string of the molecule is CCC(CCO)CN1C(=O)Cc2ccccc2C1=O. The van der Waals surface area contributed by atoms with Crippen molar-refractivity contribution in [3.8, 4) is 0 Å². The van der Waals surface area contributed by atoms with Gasteiger partial charge in [-0.3, -0.25) is 14.5 Å². The third-order valence-corrected chi connectivity index (χ3v) is 3.69. The summed E-state index contributed by atoms with van der Waals surface area (Å²) in [5.74, 6) is -0.175. The van der Waals surface area contributed by atoms with Crippen LogP contribution in [-0.2, 0) is 11.2 Å². The summed E-state index contributed by atoms with van der Waals surface area (Å²) in [5, 5.41) is 9.00. The molecule has 1 aromatic carbocycles. The topological polar surface area (TPSA) is 57.6 Å². The molecule has 0 spiro atoms. The van der Waals surface area contributed by atoms with E-state index in [0.29, 0.717) is 18.5 Å². The number of hydrogen-bond donors (Lipinski definition) is 1. The van der Waals surface area contributed by atoms with Crippen molar-refractivity contribution in [3.05, 3.63) is 35.4 Å². The van der Waals surface area contributed by atoms with E-state index in [1.54, 1.807) is 6.07 Å². The number of fused-ring (bicyclic) bond motifs is 1. The van der Waals surface area contributed by atoms with Crippen LogP contribution in [0, 0.1) is 5.92 Å². The molecule has 1 aliphatic heterocycles. The lowest BCUT2D eigenvalue weighted by atomic mass is 9.96. The number of carbonyl (C=O) groups is 2. The van der Waals surface area contributed by atoms with Crippen LogP contribution in [0.15, 0.2) is 24.3 Å². The summed E-state index contributed by atoms with van der Waals surface area (Å²) in [6.45, 7) is 2.50. The van der Waals surface area contributed by atoms with Crippen LogP contribution < -0.4 is 0 Å². The van der Waals surface area contributed by atoms with E-state index in [0.717, 1.165) is 12.0 Å². The largest absolute Gasteiger partial charge is 0.396 e. The molecule has 0 aliphatic carbocycles. The third kappa shape index (κ3) is 2.84. The van der Waals surface area contributed by atoms with E-state index in [2.05, 4.69) is 0 Å². The summed E-state index contributed by atoms with van der Waals surface area (Å²) >= 11 is 0. The molecule has 1 atom stereocenters. The van der Waals surface area contributed by atoms with Gasteiger partial charge >= 0.3 is 0 Å². The van der Waals surface area contributed by atoms with E-state index < -0.39 is 0 Å². The molecule has 1 heterocycles. The molecule has 4 nitrogen and oxygen atoms in total. The summed E-state index contributed by atoms with van der Waals surface area (Å²) in [5.41, 5.74) is 1.44. The van der Waals surface area contributed by atoms with Crippen LogP contribution in [-0.4, -0.2) is 35.0 Å². The van der Waals surface area contributed by atoms with Crippen molar-refractivity contribution >= 4 is 11.8 Å². The number of hydrogen-bond acceptors (Lipinski definition) is 3. The lowest BCUT2D eigenvalue weighted by molar-refractivity contribution is -0.129. The van der Waals surface area contributed by atoms with Crippen molar-refractivity contribution in [2.24, 2.45) is 5.92 Å². The molecule has 1 N–H and O–H groups in total. The average Bonchev–Trinajstić information content (AvgIpc) is 2.42. The first kappa shape index (κ1) is 13.7. The molecule has 0 saturated heterocycles. The van der Waals surface area contributed by atoms with Gasteiger partial charge < -0.3 is 5.11 Å². The van der Waals surface area contributed by atoms with Gasteiger partial charge in [-0.05, 0) is 24.0 Å². The highest BCUT2D eigenvalue weighted by Crippen LogP contribution is 2.21. The molecule has 2 rings (SSSR count). The fourth-order valence-corrected chi connectivity index (χ4v) is 2.45. The molecule has 4 heteroatoms. The van der Waals surface area contributed by atoms with Crippen LogP contribution >= 0.6 is 0 Å². The zero-order valence-electron chi connectivity index (χ0n) is 11.1. The Morgan fingerprint density at radius 3 is 2.74 bits per heavy atom. The summed E-state index contributed by atoms with van der Waals surface area (Å²) in [6, 6.07) is 7.25. The van der Waals surface area contributed by atoms with Gasteiger partial charge in [0.05, 0.1) is 6.42 Å². The van der Waals surface area contributed by atoms with Crippen molar-refractivity contribution in [3.63, 3.8) is 0 Å². The second kappa shape index (κ2) is 5.97. The Balaban J connectivity index is 2.19. The smallest absolute Gasteiger partial charge is 0.260 e. The molecule has 0 aromatic heterocycles. The van der Waals surface area contributed by atoms with Gasteiger partial charge in [-0.1, -0.05) is 31.5 Å². The molecule has 1 aliphatic rings. The molecule has 102 valence electrons. The number of carbonyl (C=O) groups excluding carboxylic acids is 2. The standard InChI is InChI=1S/C15H19NO3/c1-2-11(7-8-17)10-16-14(18)9-12-5-3-4-6-13(12)15(16)19/h3-6,11,17H,2,7-10H2,1H3. The second-order valence-corrected chi connectivity index (χ2v) is 4.93. The highest BCUT2D eigenvalue weighted by Gasteiger charge is 2.31. The minimum absolute atomic E-state index is 0.0886. The van der Waals surface area contributed by atoms with Gasteiger partial charge in [0.25, 0.3) is 5.91 Å². The van der Waals surface area contributed by atoms with Crippen molar-refractivity contribution in [1.29, 1.82) is 0 Å². The molecule has 1 unspecified atom stereocenters. The van der Waals surface area contributed by atoms with E-state index in [-0.39, 0.29) is 30.8 Å². The van der Waals surface area contributed by atoms with E-state index in [9.17, 15) is 9.59 Å². The first-order valence-corrected chi connectivity index (χ1v) is 6.70. The summed E-state index contributed by atoms with van der Waals surface area (Å²) in [4.78, 5) is 25.7. The van der Waals surface area contributed by atoms with E-state index in [1.165, 1.54) is 4.90 Å². The van der Waals surface area contributed by atoms with Gasteiger partial charge in [-0.25, -0.2) is 0 Å². The van der Waals surface area contributed by atoms with Gasteiger partial charge in [-0.2, -0.15) is 0 Å². The van der Waals surface area contributed by atoms with Crippen LogP contribution in [0.25, 0.3) is 0 Å². The Morgan fingerprint density at radius 2 is 2.05 bits per heavy atom. The van der Waals surface area contributed by atoms with E-state index in [4.69, 9.17) is 5.11 Å². The number of benzene rings is 1. The molecular weight excluding hydrogens is 242 g/mol. The van der Waals surface area contributed by atoms with Crippen molar-refractivity contribution in [1.82, 2.24) is 4.90 Å². The molecule has 2 amide bonds.